The third kappa shape index (κ3) is 2.85. The molecule has 1 aromatic carbocycles. The van der Waals surface area contributed by atoms with Crippen molar-refractivity contribution < 1.29 is 18.3 Å². The first-order valence-electron chi connectivity index (χ1n) is 5.67. The van der Waals surface area contributed by atoms with Crippen molar-refractivity contribution in [1.82, 2.24) is 0 Å². The first kappa shape index (κ1) is 13.0. The minimum absolute atomic E-state index is 0.00140. The molecule has 1 aliphatic rings. The number of ether oxygens (including phenoxy) is 1. The van der Waals surface area contributed by atoms with Crippen molar-refractivity contribution in [3.63, 3.8) is 0 Å². The average molecular weight is 272 g/mol. The molecule has 4 N–H and O–H groups in total. The highest BCUT2D eigenvalue weighted by Gasteiger charge is 2.28. The first-order valence-corrected chi connectivity index (χ1v) is 7.21. The lowest BCUT2D eigenvalue weighted by atomic mass is 10.2. The fourth-order valence-corrected chi connectivity index (χ4v) is 3.34. The largest absolute Gasteiger partial charge is 0.508 e. The quantitative estimate of drug-likeness (QED) is 0.560. The molecule has 0 spiro atoms. The molecule has 0 amide bonds. The summed E-state index contributed by atoms with van der Waals surface area (Å²) in [7, 11) is -3.46. The molecule has 2 rings (SSSR count). The van der Waals surface area contributed by atoms with Gasteiger partial charge in [-0.1, -0.05) is 0 Å². The summed E-state index contributed by atoms with van der Waals surface area (Å²) in [6.45, 7) is 0.910. The summed E-state index contributed by atoms with van der Waals surface area (Å²) in [4.78, 5) is 0. The number of nitrogens with two attached hydrogens (primary N) is 1. The molecule has 0 bridgehead atoms. The molecule has 100 valence electrons. The number of phenolic OH excluding ortho intramolecular Hbond substituents is 1. The molecule has 0 radical (unpaired) electrons. The Bertz CT molecular complexity index is 524. The molecule has 1 fully saturated rings. The summed E-state index contributed by atoms with van der Waals surface area (Å²) in [6, 6.07) is 4.14. The summed E-state index contributed by atoms with van der Waals surface area (Å²) in [5.74, 6) is 0.00140. The fraction of sp³-hybridized carbons (Fsp3) is 0.455. The molecule has 0 aromatic heterocycles. The Balaban J connectivity index is 2.16. The standard InChI is InChI=1S/C11H16N2O4S/c12-10-7-8(14)1-2-11(10)13-18(15,16)9-3-5-17-6-4-9/h1-2,7,9,13-14H,3-6,12H2. The van der Waals surface area contributed by atoms with Crippen LogP contribution in [0.4, 0.5) is 11.4 Å². The molecule has 0 unspecified atom stereocenters. The lowest BCUT2D eigenvalue weighted by Crippen LogP contribution is -2.33. The maximum Gasteiger partial charge on any atom is 0.235 e. The molecule has 1 saturated heterocycles. The number of nitrogens with one attached hydrogen (secondary N) is 1. The Labute approximate surface area is 106 Å². The second-order valence-electron chi connectivity index (χ2n) is 4.23. The molecule has 6 nitrogen and oxygen atoms in total. The van der Waals surface area contributed by atoms with Gasteiger partial charge in [0.25, 0.3) is 0 Å². The van der Waals surface area contributed by atoms with Crippen molar-refractivity contribution in [3.8, 4) is 5.75 Å². The van der Waals surface area contributed by atoms with E-state index in [1.54, 1.807) is 0 Å². The number of hydrogen-bond donors (Lipinski definition) is 3. The summed E-state index contributed by atoms with van der Waals surface area (Å²) in [5, 5.41) is 8.75. The van der Waals surface area contributed by atoms with E-state index in [9.17, 15) is 13.5 Å². The Kier molecular flexibility index (Phi) is 3.63. The van der Waals surface area contributed by atoms with Crippen LogP contribution >= 0.6 is 0 Å². The second kappa shape index (κ2) is 5.03. The van der Waals surface area contributed by atoms with E-state index in [1.807, 2.05) is 0 Å². The van der Waals surface area contributed by atoms with Crippen molar-refractivity contribution in [2.75, 3.05) is 23.7 Å². The molecular weight excluding hydrogens is 256 g/mol. The van der Waals surface area contributed by atoms with E-state index in [-0.39, 0.29) is 11.4 Å². The highest BCUT2D eigenvalue weighted by Crippen LogP contribution is 2.26. The summed E-state index contributed by atoms with van der Waals surface area (Å²) in [6.07, 6.45) is 0.959. The Morgan fingerprint density at radius 1 is 1.33 bits per heavy atom. The molecule has 1 aliphatic heterocycles. The molecule has 1 aromatic rings. The van der Waals surface area contributed by atoms with Crippen molar-refractivity contribution in [2.24, 2.45) is 0 Å². The Morgan fingerprint density at radius 3 is 2.61 bits per heavy atom. The number of hydrogen-bond acceptors (Lipinski definition) is 5. The van der Waals surface area contributed by atoms with Crippen molar-refractivity contribution in [1.29, 1.82) is 0 Å². The first-order chi connectivity index (χ1) is 8.49. The third-order valence-corrected chi connectivity index (χ3v) is 4.75. The number of anilines is 2. The van der Waals surface area contributed by atoms with E-state index < -0.39 is 15.3 Å². The predicted molar refractivity (Wildman–Crippen MR) is 68.9 cm³/mol. The average Bonchev–Trinajstić information content (AvgIpc) is 2.34. The molecule has 1 heterocycles. The minimum Gasteiger partial charge on any atom is -0.508 e. The lowest BCUT2D eigenvalue weighted by Gasteiger charge is -2.23. The van der Waals surface area contributed by atoms with Gasteiger partial charge in [0.2, 0.25) is 10.0 Å². The summed E-state index contributed by atoms with van der Waals surface area (Å²) >= 11 is 0. The van der Waals surface area contributed by atoms with Gasteiger partial charge in [-0.3, -0.25) is 4.72 Å². The highest BCUT2D eigenvalue weighted by molar-refractivity contribution is 7.93. The zero-order chi connectivity index (χ0) is 13.2. The van der Waals surface area contributed by atoms with Gasteiger partial charge in [0.1, 0.15) is 5.75 Å². The molecule has 0 aliphatic carbocycles. The van der Waals surface area contributed by atoms with Gasteiger partial charge in [-0.2, -0.15) is 0 Å². The topological polar surface area (TPSA) is 102 Å². The van der Waals surface area contributed by atoms with Gasteiger partial charge in [0.15, 0.2) is 0 Å². The number of phenols is 1. The fourth-order valence-electron chi connectivity index (χ4n) is 1.87. The van der Waals surface area contributed by atoms with Crippen LogP contribution in [-0.2, 0) is 14.8 Å². The van der Waals surface area contributed by atoms with Gasteiger partial charge in [0, 0.05) is 19.3 Å². The van der Waals surface area contributed by atoms with Crippen LogP contribution in [0.1, 0.15) is 12.8 Å². The maximum absolute atomic E-state index is 12.1. The predicted octanol–water partition coefficient (Wildman–Crippen LogP) is 0.895. The lowest BCUT2D eigenvalue weighted by molar-refractivity contribution is 0.0984. The number of nitrogen functional groups attached to an aromatic ring is 1. The van der Waals surface area contributed by atoms with Crippen LogP contribution in [0.2, 0.25) is 0 Å². The van der Waals surface area contributed by atoms with Gasteiger partial charge < -0.3 is 15.6 Å². The van der Waals surface area contributed by atoms with Crippen molar-refractivity contribution in [3.05, 3.63) is 18.2 Å². The van der Waals surface area contributed by atoms with E-state index in [1.165, 1.54) is 18.2 Å². The zero-order valence-electron chi connectivity index (χ0n) is 9.80. The third-order valence-electron chi connectivity index (χ3n) is 2.89. The minimum atomic E-state index is -3.46. The number of sulfonamides is 1. The van der Waals surface area contributed by atoms with Gasteiger partial charge in [-0.05, 0) is 25.0 Å². The SMILES string of the molecule is Nc1cc(O)ccc1NS(=O)(=O)C1CCOCC1. The molecule has 0 atom stereocenters. The molecule has 18 heavy (non-hydrogen) atoms. The van der Waals surface area contributed by atoms with E-state index in [0.29, 0.717) is 31.7 Å². The van der Waals surface area contributed by atoms with Crippen LogP contribution in [0.15, 0.2) is 18.2 Å². The smallest absolute Gasteiger partial charge is 0.235 e. The second-order valence-corrected chi connectivity index (χ2v) is 6.19. The molecular formula is C11H16N2O4S. The van der Waals surface area contributed by atoms with Crippen LogP contribution in [0.25, 0.3) is 0 Å². The number of rotatable bonds is 3. The van der Waals surface area contributed by atoms with E-state index in [0.717, 1.165) is 0 Å². The van der Waals surface area contributed by atoms with E-state index >= 15 is 0 Å². The van der Waals surface area contributed by atoms with Gasteiger partial charge in [-0.15, -0.1) is 0 Å². The number of benzene rings is 1. The number of aromatic hydroxyl groups is 1. The van der Waals surface area contributed by atoms with Gasteiger partial charge in [0.05, 0.1) is 16.6 Å². The normalized spacial score (nSPS) is 17.6. The van der Waals surface area contributed by atoms with Gasteiger partial charge >= 0.3 is 0 Å². The van der Waals surface area contributed by atoms with Crippen molar-refractivity contribution >= 4 is 21.4 Å². The molecule has 7 heteroatoms. The molecule has 0 saturated carbocycles. The Morgan fingerprint density at radius 2 is 2.00 bits per heavy atom. The van der Waals surface area contributed by atoms with Crippen LogP contribution in [0.3, 0.4) is 0 Å². The zero-order valence-corrected chi connectivity index (χ0v) is 10.6. The van der Waals surface area contributed by atoms with Crippen LogP contribution in [0, 0.1) is 0 Å². The van der Waals surface area contributed by atoms with E-state index in [2.05, 4.69) is 4.72 Å². The van der Waals surface area contributed by atoms with Crippen LogP contribution < -0.4 is 10.5 Å². The van der Waals surface area contributed by atoms with Crippen LogP contribution in [-0.4, -0.2) is 32.0 Å². The van der Waals surface area contributed by atoms with E-state index in [4.69, 9.17) is 10.5 Å². The maximum atomic E-state index is 12.1. The van der Waals surface area contributed by atoms with Crippen molar-refractivity contribution in [2.45, 2.75) is 18.1 Å². The Hall–Kier alpha value is -1.47. The summed E-state index contributed by atoms with van der Waals surface area (Å²) < 4.78 is 31.8. The monoisotopic (exact) mass is 272 g/mol. The summed E-state index contributed by atoms with van der Waals surface area (Å²) in [5.41, 5.74) is 6.14. The van der Waals surface area contributed by atoms with Gasteiger partial charge in [-0.25, -0.2) is 8.42 Å². The van der Waals surface area contributed by atoms with Crippen LogP contribution in [0.5, 0.6) is 5.75 Å². The highest BCUT2D eigenvalue weighted by atomic mass is 32.2.